The van der Waals surface area contributed by atoms with E-state index in [1.54, 1.807) is 0 Å². The zero-order valence-corrected chi connectivity index (χ0v) is 13.1. The maximum absolute atomic E-state index is 5.73. The topological polar surface area (TPSA) is 29.3 Å². The first-order valence-electron chi connectivity index (χ1n) is 7.37. The summed E-state index contributed by atoms with van der Waals surface area (Å²) in [4.78, 5) is 2.92. The molecule has 0 spiro atoms. The molecule has 3 heteroatoms. The minimum absolute atomic E-state index is 0.464. The van der Waals surface area contributed by atoms with Gasteiger partial charge in [-0.3, -0.25) is 0 Å². The molecule has 21 heavy (non-hydrogen) atoms. The number of nitrogens with two attached hydrogens (primary N) is 1. The van der Waals surface area contributed by atoms with Gasteiger partial charge in [-0.15, -0.1) is 0 Å². The molecule has 108 valence electrons. The molecule has 1 heterocycles. The van der Waals surface area contributed by atoms with Crippen LogP contribution in [0.25, 0.3) is 0 Å². The molecule has 0 saturated heterocycles. The summed E-state index contributed by atoms with van der Waals surface area (Å²) in [7, 11) is 0. The van der Waals surface area contributed by atoms with E-state index in [0.717, 1.165) is 18.7 Å². The van der Waals surface area contributed by atoms with Crippen molar-refractivity contribution in [2.75, 3.05) is 11.4 Å². The summed E-state index contributed by atoms with van der Waals surface area (Å²) in [5, 5.41) is 0. The van der Waals surface area contributed by atoms with Crippen LogP contribution in [0.2, 0.25) is 0 Å². The van der Waals surface area contributed by atoms with Crippen molar-refractivity contribution in [3.05, 3.63) is 64.7 Å². The van der Waals surface area contributed by atoms with Crippen LogP contribution in [0.5, 0.6) is 0 Å². The molecule has 0 amide bonds. The molecule has 0 aliphatic carbocycles. The summed E-state index contributed by atoms with van der Waals surface area (Å²) >= 11 is 5.07. The number of nitrogens with zero attached hydrogens (tertiary/aromatic N) is 1. The van der Waals surface area contributed by atoms with Crippen LogP contribution in [0.1, 0.15) is 28.7 Å². The molecule has 0 aromatic heterocycles. The minimum Gasteiger partial charge on any atom is -0.389 e. The van der Waals surface area contributed by atoms with Crippen molar-refractivity contribution < 1.29 is 0 Å². The normalized spacial score (nSPS) is 13.9. The fraction of sp³-hybridized carbons (Fsp3) is 0.278. The number of thiocarbonyl (C=S) groups is 1. The quantitative estimate of drug-likeness (QED) is 0.878. The lowest BCUT2D eigenvalue weighted by Crippen LogP contribution is -2.29. The molecule has 0 fully saturated rings. The number of hydrogen-bond acceptors (Lipinski definition) is 2. The first-order chi connectivity index (χ1) is 10.1. The molecular weight excluding hydrogens is 276 g/mol. The Kier molecular flexibility index (Phi) is 3.93. The van der Waals surface area contributed by atoms with E-state index in [1.165, 1.54) is 35.2 Å². The van der Waals surface area contributed by atoms with Crippen molar-refractivity contribution in [2.45, 2.75) is 26.3 Å². The third-order valence-corrected chi connectivity index (χ3v) is 4.27. The Bertz CT molecular complexity index is 679. The standard InChI is InChI=1S/C18H20N2S/c1-13-7-8-17-15(10-13)6-3-9-20(17)12-14-4-2-5-16(11-14)18(19)21/h2,4-5,7-8,10-11H,3,6,9,12H2,1H3,(H2,19,21). The van der Waals surface area contributed by atoms with Gasteiger partial charge >= 0.3 is 0 Å². The summed E-state index contributed by atoms with van der Waals surface area (Å²) in [6.07, 6.45) is 2.39. The number of rotatable bonds is 3. The molecule has 0 atom stereocenters. The largest absolute Gasteiger partial charge is 0.389 e. The highest BCUT2D eigenvalue weighted by atomic mass is 32.1. The van der Waals surface area contributed by atoms with Crippen molar-refractivity contribution in [1.82, 2.24) is 0 Å². The van der Waals surface area contributed by atoms with Crippen LogP contribution in [0.4, 0.5) is 5.69 Å². The second kappa shape index (κ2) is 5.86. The highest BCUT2D eigenvalue weighted by Crippen LogP contribution is 2.29. The highest BCUT2D eigenvalue weighted by Gasteiger charge is 2.17. The molecule has 0 bridgehead atoms. The number of benzene rings is 2. The Balaban J connectivity index is 1.86. The summed E-state index contributed by atoms with van der Waals surface area (Å²) < 4.78 is 0. The monoisotopic (exact) mass is 296 g/mol. The molecule has 0 saturated carbocycles. The van der Waals surface area contributed by atoms with Gasteiger partial charge < -0.3 is 10.6 Å². The van der Waals surface area contributed by atoms with E-state index in [0.29, 0.717) is 4.99 Å². The van der Waals surface area contributed by atoms with Gasteiger partial charge in [0.05, 0.1) is 0 Å². The van der Waals surface area contributed by atoms with Crippen LogP contribution in [-0.2, 0) is 13.0 Å². The second-order valence-corrected chi connectivity index (χ2v) is 6.16. The van der Waals surface area contributed by atoms with E-state index in [-0.39, 0.29) is 0 Å². The van der Waals surface area contributed by atoms with E-state index in [2.05, 4.69) is 42.2 Å². The van der Waals surface area contributed by atoms with Gasteiger partial charge in [0.15, 0.2) is 0 Å². The molecule has 1 aliphatic rings. The number of hydrogen-bond donors (Lipinski definition) is 1. The van der Waals surface area contributed by atoms with E-state index < -0.39 is 0 Å². The lowest BCUT2D eigenvalue weighted by atomic mass is 9.99. The van der Waals surface area contributed by atoms with Crippen molar-refractivity contribution in [1.29, 1.82) is 0 Å². The van der Waals surface area contributed by atoms with Crippen LogP contribution in [0.15, 0.2) is 42.5 Å². The van der Waals surface area contributed by atoms with Crippen LogP contribution in [0, 0.1) is 6.92 Å². The summed E-state index contributed by atoms with van der Waals surface area (Å²) in [6.45, 7) is 4.17. The Labute approximate surface area is 131 Å². The first-order valence-corrected chi connectivity index (χ1v) is 7.77. The Morgan fingerprint density at radius 3 is 2.90 bits per heavy atom. The van der Waals surface area contributed by atoms with Gasteiger partial charge in [-0.1, -0.05) is 48.1 Å². The Hall–Kier alpha value is -1.87. The van der Waals surface area contributed by atoms with Crippen molar-refractivity contribution >= 4 is 22.9 Å². The molecule has 2 nitrogen and oxygen atoms in total. The SMILES string of the molecule is Cc1ccc2c(c1)CCCN2Cc1cccc(C(N)=S)c1. The van der Waals surface area contributed by atoms with Crippen LogP contribution < -0.4 is 10.6 Å². The van der Waals surface area contributed by atoms with E-state index in [4.69, 9.17) is 18.0 Å². The summed E-state index contributed by atoms with van der Waals surface area (Å²) in [5.41, 5.74) is 12.1. The average molecular weight is 296 g/mol. The minimum atomic E-state index is 0.464. The van der Waals surface area contributed by atoms with Gasteiger partial charge in [0.25, 0.3) is 0 Å². The molecule has 0 radical (unpaired) electrons. The third-order valence-electron chi connectivity index (χ3n) is 4.03. The fourth-order valence-corrected chi connectivity index (χ4v) is 3.14. The van der Waals surface area contributed by atoms with Gasteiger partial charge in [-0.25, -0.2) is 0 Å². The van der Waals surface area contributed by atoms with Crippen molar-refractivity contribution in [3.8, 4) is 0 Å². The average Bonchev–Trinajstić information content (AvgIpc) is 2.47. The number of anilines is 1. The van der Waals surface area contributed by atoms with E-state index in [9.17, 15) is 0 Å². The van der Waals surface area contributed by atoms with Crippen molar-refractivity contribution in [2.24, 2.45) is 5.73 Å². The molecular formula is C18H20N2S. The fourth-order valence-electron chi connectivity index (χ4n) is 3.01. The summed E-state index contributed by atoms with van der Waals surface area (Å²) in [6, 6.07) is 15.0. The van der Waals surface area contributed by atoms with Gasteiger partial charge in [0, 0.05) is 24.3 Å². The van der Waals surface area contributed by atoms with Crippen LogP contribution >= 0.6 is 12.2 Å². The van der Waals surface area contributed by atoms with Gasteiger partial charge in [-0.2, -0.15) is 0 Å². The molecule has 1 aliphatic heterocycles. The maximum atomic E-state index is 5.73. The molecule has 3 rings (SSSR count). The maximum Gasteiger partial charge on any atom is 0.103 e. The zero-order chi connectivity index (χ0) is 14.8. The second-order valence-electron chi connectivity index (χ2n) is 5.72. The predicted octanol–water partition coefficient (Wildman–Crippen LogP) is 3.58. The smallest absolute Gasteiger partial charge is 0.103 e. The Morgan fingerprint density at radius 2 is 2.10 bits per heavy atom. The lowest BCUT2D eigenvalue weighted by molar-refractivity contribution is 0.690. The highest BCUT2D eigenvalue weighted by molar-refractivity contribution is 7.80. The van der Waals surface area contributed by atoms with Crippen LogP contribution in [-0.4, -0.2) is 11.5 Å². The van der Waals surface area contributed by atoms with Gasteiger partial charge in [0.2, 0.25) is 0 Å². The lowest BCUT2D eigenvalue weighted by Gasteiger charge is -2.31. The van der Waals surface area contributed by atoms with Crippen LogP contribution in [0.3, 0.4) is 0 Å². The van der Waals surface area contributed by atoms with E-state index in [1.807, 2.05) is 12.1 Å². The predicted molar refractivity (Wildman–Crippen MR) is 92.9 cm³/mol. The first kappa shape index (κ1) is 14.1. The van der Waals surface area contributed by atoms with Gasteiger partial charge in [0.1, 0.15) is 4.99 Å². The molecule has 2 N–H and O–H groups in total. The molecule has 0 unspecified atom stereocenters. The van der Waals surface area contributed by atoms with E-state index >= 15 is 0 Å². The number of fused-ring (bicyclic) bond motifs is 1. The van der Waals surface area contributed by atoms with Crippen molar-refractivity contribution in [3.63, 3.8) is 0 Å². The zero-order valence-electron chi connectivity index (χ0n) is 12.3. The van der Waals surface area contributed by atoms with Gasteiger partial charge in [-0.05, 0) is 43.0 Å². The molecule has 2 aromatic carbocycles. The Morgan fingerprint density at radius 1 is 1.24 bits per heavy atom. The molecule has 2 aromatic rings. The number of aryl methyl sites for hydroxylation is 2. The summed E-state index contributed by atoms with van der Waals surface area (Å²) in [5.74, 6) is 0. The third kappa shape index (κ3) is 3.08.